The predicted molar refractivity (Wildman–Crippen MR) is 173 cm³/mol. The molecule has 9 heteroatoms. The van der Waals surface area contributed by atoms with Gasteiger partial charge in [-0.05, 0) is 55.7 Å². The Hall–Kier alpha value is -3.22. The smallest absolute Gasteiger partial charge is 0.199 e. The molecular formula is C34H43F2N5OS. The van der Waals surface area contributed by atoms with Gasteiger partial charge >= 0.3 is 0 Å². The molecule has 4 heterocycles. The summed E-state index contributed by atoms with van der Waals surface area (Å²) in [5.74, 6) is 0.349. The Labute approximate surface area is 258 Å². The molecule has 0 spiro atoms. The number of thiophene rings is 1. The van der Waals surface area contributed by atoms with E-state index < -0.39 is 17.7 Å². The van der Waals surface area contributed by atoms with E-state index in [0.29, 0.717) is 47.7 Å². The summed E-state index contributed by atoms with van der Waals surface area (Å²) >= 11 is 1.02. The van der Waals surface area contributed by atoms with Crippen LogP contribution in [0.1, 0.15) is 95.6 Å². The largest absolute Gasteiger partial charge is 0.389 e. The second kappa shape index (κ2) is 13.2. The molecule has 5 rings (SSSR count). The SMILES string of the molecule is C/C=C(/F)c1sc(N)c(C#N)c1/C(C1=C(F)C2N=C(N3CCC(C)C3CCCCCC)NC=C2C2=C1COC2)=C(\C)CC. The summed E-state index contributed by atoms with van der Waals surface area (Å²) in [7, 11) is 0. The lowest BCUT2D eigenvalue weighted by atomic mass is 9.78. The molecule has 1 aromatic rings. The molecule has 0 amide bonds. The lowest BCUT2D eigenvalue weighted by Crippen LogP contribution is -2.46. The second-order valence-electron chi connectivity index (χ2n) is 12.0. The van der Waals surface area contributed by atoms with Crippen LogP contribution in [0, 0.1) is 17.2 Å². The summed E-state index contributed by atoms with van der Waals surface area (Å²) in [6.07, 6.45) is 10.8. The molecule has 0 saturated carbocycles. The molecule has 4 aliphatic rings. The maximum Gasteiger partial charge on any atom is 0.199 e. The molecule has 230 valence electrons. The highest BCUT2D eigenvalue weighted by Gasteiger charge is 2.42. The number of hydrogen-bond acceptors (Lipinski definition) is 7. The van der Waals surface area contributed by atoms with Gasteiger partial charge in [0.15, 0.2) is 5.96 Å². The third-order valence-corrected chi connectivity index (χ3v) is 10.4. The Balaban J connectivity index is 1.63. The van der Waals surface area contributed by atoms with Crippen molar-refractivity contribution in [3.05, 3.63) is 62.0 Å². The van der Waals surface area contributed by atoms with Crippen molar-refractivity contribution in [3.8, 4) is 6.07 Å². The molecule has 3 unspecified atom stereocenters. The van der Waals surface area contributed by atoms with Crippen LogP contribution in [0.3, 0.4) is 0 Å². The minimum Gasteiger partial charge on any atom is -0.389 e. The number of halogens is 2. The van der Waals surface area contributed by atoms with E-state index in [0.717, 1.165) is 53.0 Å². The van der Waals surface area contributed by atoms with Crippen molar-refractivity contribution in [2.75, 3.05) is 25.5 Å². The van der Waals surface area contributed by atoms with E-state index in [4.69, 9.17) is 15.5 Å². The summed E-state index contributed by atoms with van der Waals surface area (Å²) in [6.45, 7) is 11.5. The Bertz CT molecular complexity index is 1500. The second-order valence-corrected chi connectivity index (χ2v) is 13.0. The van der Waals surface area contributed by atoms with E-state index in [1.54, 1.807) is 6.92 Å². The molecule has 3 N–H and O–H groups in total. The lowest BCUT2D eigenvalue weighted by molar-refractivity contribution is 0.206. The molecule has 0 radical (unpaired) electrons. The van der Waals surface area contributed by atoms with E-state index in [-0.39, 0.29) is 22.0 Å². The predicted octanol–water partition coefficient (Wildman–Crippen LogP) is 8.17. The number of ether oxygens (including phenoxy) is 1. The molecule has 1 aromatic heterocycles. The fourth-order valence-electron chi connectivity index (χ4n) is 6.83. The first-order valence-corrected chi connectivity index (χ1v) is 16.4. The summed E-state index contributed by atoms with van der Waals surface area (Å²) in [5.41, 5.74) is 10.9. The molecule has 1 saturated heterocycles. The lowest BCUT2D eigenvalue weighted by Gasteiger charge is -2.35. The number of nitrogens with one attached hydrogen (secondary N) is 1. The summed E-state index contributed by atoms with van der Waals surface area (Å²) < 4.78 is 38.4. The van der Waals surface area contributed by atoms with Crippen LogP contribution in [0.5, 0.6) is 0 Å². The van der Waals surface area contributed by atoms with Crippen LogP contribution >= 0.6 is 11.3 Å². The van der Waals surface area contributed by atoms with Crippen molar-refractivity contribution in [1.82, 2.24) is 10.2 Å². The number of unbranched alkanes of at least 4 members (excludes halogenated alkanes) is 3. The molecular weight excluding hydrogens is 564 g/mol. The molecule has 0 aromatic carbocycles. The number of nitriles is 1. The van der Waals surface area contributed by atoms with Gasteiger partial charge in [0.1, 0.15) is 28.8 Å². The number of nitrogen functional groups attached to an aromatic ring is 1. The average molecular weight is 608 g/mol. The number of allylic oxidation sites excluding steroid dienone is 3. The normalized spacial score (nSPS) is 24.4. The van der Waals surface area contributed by atoms with Gasteiger partial charge < -0.3 is 20.7 Å². The maximum atomic E-state index is 17.2. The zero-order chi connectivity index (χ0) is 30.8. The van der Waals surface area contributed by atoms with Gasteiger partial charge in [-0.3, -0.25) is 0 Å². The number of aliphatic imine (C=N–C) groups is 1. The van der Waals surface area contributed by atoms with Crippen molar-refractivity contribution in [2.45, 2.75) is 91.6 Å². The Morgan fingerprint density at radius 2 is 2.05 bits per heavy atom. The molecule has 43 heavy (non-hydrogen) atoms. The number of anilines is 1. The van der Waals surface area contributed by atoms with Gasteiger partial charge in [-0.25, -0.2) is 13.8 Å². The maximum absolute atomic E-state index is 17.2. The number of nitrogens with zero attached hydrogens (tertiary/aromatic N) is 3. The first kappa shape index (κ1) is 31.2. The van der Waals surface area contributed by atoms with Crippen molar-refractivity contribution in [3.63, 3.8) is 0 Å². The van der Waals surface area contributed by atoms with E-state index in [1.165, 1.54) is 31.8 Å². The van der Waals surface area contributed by atoms with Gasteiger partial charge in [0.05, 0.1) is 23.7 Å². The first-order chi connectivity index (χ1) is 20.8. The van der Waals surface area contributed by atoms with E-state index >= 15 is 8.78 Å². The minimum atomic E-state index is -0.848. The average Bonchev–Trinajstić information content (AvgIpc) is 3.73. The van der Waals surface area contributed by atoms with Crippen LogP contribution in [-0.2, 0) is 4.74 Å². The fraction of sp³-hybridized carbons (Fsp3) is 0.529. The van der Waals surface area contributed by atoms with Crippen LogP contribution in [0.4, 0.5) is 13.8 Å². The number of rotatable bonds is 9. The van der Waals surface area contributed by atoms with Crippen LogP contribution in [0.2, 0.25) is 0 Å². The van der Waals surface area contributed by atoms with Gasteiger partial charge in [0, 0.05) is 35.5 Å². The number of likely N-dealkylation sites (tertiary alicyclic amines) is 1. The van der Waals surface area contributed by atoms with Crippen molar-refractivity contribution in [2.24, 2.45) is 10.9 Å². The summed E-state index contributed by atoms with van der Waals surface area (Å²) in [5, 5.41) is 13.8. The van der Waals surface area contributed by atoms with Crippen LogP contribution in [-0.4, -0.2) is 42.7 Å². The topological polar surface area (TPSA) is 86.7 Å². The van der Waals surface area contributed by atoms with Gasteiger partial charge in [-0.15, -0.1) is 11.3 Å². The minimum absolute atomic E-state index is 0.175. The number of guanidine groups is 1. The van der Waals surface area contributed by atoms with E-state index in [2.05, 4.69) is 30.1 Å². The van der Waals surface area contributed by atoms with Crippen LogP contribution < -0.4 is 11.1 Å². The summed E-state index contributed by atoms with van der Waals surface area (Å²) in [6, 6.07) is 1.69. The Morgan fingerprint density at radius 3 is 2.74 bits per heavy atom. The van der Waals surface area contributed by atoms with Crippen molar-refractivity contribution >= 4 is 33.7 Å². The number of nitrogens with two attached hydrogens (primary N) is 1. The molecule has 3 atom stereocenters. The van der Waals surface area contributed by atoms with Gasteiger partial charge in [0.2, 0.25) is 0 Å². The monoisotopic (exact) mass is 607 g/mol. The number of hydrogen-bond donors (Lipinski definition) is 2. The molecule has 6 nitrogen and oxygen atoms in total. The highest BCUT2D eigenvalue weighted by molar-refractivity contribution is 7.17. The highest BCUT2D eigenvalue weighted by Crippen LogP contribution is 2.51. The third kappa shape index (κ3) is 5.60. The zero-order valence-electron chi connectivity index (χ0n) is 25.9. The van der Waals surface area contributed by atoms with Crippen LogP contribution in [0.25, 0.3) is 11.4 Å². The highest BCUT2D eigenvalue weighted by atomic mass is 32.1. The van der Waals surface area contributed by atoms with Crippen molar-refractivity contribution < 1.29 is 13.5 Å². The van der Waals surface area contributed by atoms with Crippen LogP contribution in [0.15, 0.2) is 51.0 Å². The first-order valence-electron chi connectivity index (χ1n) is 15.6. The summed E-state index contributed by atoms with van der Waals surface area (Å²) in [4.78, 5) is 7.60. The Kier molecular flexibility index (Phi) is 9.57. The van der Waals surface area contributed by atoms with Gasteiger partial charge in [-0.2, -0.15) is 5.26 Å². The quantitative estimate of drug-likeness (QED) is 0.277. The molecule has 0 bridgehead atoms. The van der Waals surface area contributed by atoms with E-state index in [1.807, 2.05) is 20.0 Å². The third-order valence-electron chi connectivity index (χ3n) is 9.37. The molecule has 1 aliphatic carbocycles. The van der Waals surface area contributed by atoms with E-state index in [9.17, 15) is 5.26 Å². The number of fused-ring (bicyclic) bond motifs is 2. The molecule has 1 fully saturated rings. The molecule has 3 aliphatic heterocycles. The van der Waals surface area contributed by atoms with Gasteiger partial charge in [-0.1, -0.05) is 58.1 Å². The standard InChI is InChI=1S/C34H43F2N5OS/c1-6-9-10-11-12-26-20(5)13-14-41(26)34-39-16-22-23-17-42-18-24(23)28(30(36)31(22)40-34)27(19(4)7-2)29-21(15-37)33(38)43-32(29)25(35)8-3/h8,16,20,26,31H,6-7,9-14,17-18,38H2,1-5H3,(H,39,40)/b25-8+,27-19+. The fourth-order valence-corrected chi connectivity index (χ4v) is 7.82. The van der Waals surface area contributed by atoms with Crippen molar-refractivity contribution in [1.29, 1.82) is 5.26 Å². The Morgan fingerprint density at radius 1 is 1.28 bits per heavy atom. The van der Waals surface area contributed by atoms with Gasteiger partial charge in [0.25, 0.3) is 0 Å². The zero-order valence-corrected chi connectivity index (χ0v) is 26.8.